The van der Waals surface area contributed by atoms with Gasteiger partial charge in [0.2, 0.25) is 0 Å². The number of hydrogen-bond donors (Lipinski definition) is 3. The predicted octanol–water partition coefficient (Wildman–Crippen LogP) is 4.56. The van der Waals surface area contributed by atoms with Crippen LogP contribution >= 0.6 is 0 Å². The number of ether oxygens (including phenoxy) is 1. The average molecular weight is 453 g/mol. The van der Waals surface area contributed by atoms with Gasteiger partial charge in [-0.25, -0.2) is 0 Å². The van der Waals surface area contributed by atoms with Crippen molar-refractivity contribution in [3.63, 3.8) is 0 Å². The number of para-hydroxylation sites is 2. The van der Waals surface area contributed by atoms with Crippen molar-refractivity contribution in [3.8, 4) is 11.5 Å². The number of nitrogens with two attached hydrogens (primary N) is 1. The number of aromatic nitrogens is 1. The van der Waals surface area contributed by atoms with Crippen LogP contribution in [0.5, 0.6) is 11.5 Å². The minimum absolute atomic E-state index is 0.223. The van der Waals surface area contributed by atoms with Gasteiger partial charge < -0.3 is 21.1 Å². The molecule has 170 valence electrons. The van der Waals surface area contributed by atoms with Crippen LogP contribution in [-0.4, -0.2) is 23.3 Å². The second-order valence-corrected chi connectivity index (χ2v) is 7.54. The Kier molecular flexibility index (Phi) is 7.27. The van der Waals surface area contributed by atoms with Crippen LogP contribution in [0.25, 0.3) is 0 Å². The maximum absolute atomic E-state index is 12.8. The van der Waals surface area contributed by atoms with Gasteiger partial charge in [-0.2, -0.15) is 0 Å². The van der Waals surface area contributed by atoms with Crippen molar-refractivity contribution in [2.45, 2.75) is 6.04 Å². The van der Waals surface area contributed by atoms with Crippen molar-refractivity contribution in [1.29, 1.82) is 0 Å². The second kappa shape index (κ2) is 10.9. The first-order valence-electron chi connectivity index (χ1n) is 10.8. The van der Waals surface area contributed by atoms with E-state index in [1.807, 2.05) is 36.4 Å². The lowest BCUT2D eigenvalue weighted by Gasteiger charge is -2.15. The highest BCUT2D eigenvalue weighted by atomic mass is 16.5. The summed E-state index contributed by atoms with van der Waals surface area (Å²) in [7, 11) is 0. The van der Waals surface area contributed by atoms with Gasteiger partial charge in [-0.05, 0) is 54.1 Å². The molecule has 4 N–H and O–H groups in total. The molecule has 1 atom stereocenters. The Morgan fingerprint density at radius 3 is 2.24 bits per heavy atom. The lowest BCUT2D eigenvalue weighted by molar-refractivity contribution is 0.0948. The molecule has 7 heteroatoms. The number of carbonyl (C=O) groups is 2. The minimum atomic E-state index is -0.441. The molecule has 1 unspecified atom stereocenters. The van der Waals surface area contributed by atoms with Crippen LogP contribution in [0.3, 0.4) is 0 Å². The molecule has 0 radical (unpaired) electrons. The summed E-state index contributed by atoms with van der Waals surface area (Å²) >= 11 is 0. The molecule has 3 aromatic carbocycles. The van der Waals surface area contributed by atoms with E-state index in [9.17, 15) is 9.59 Å². The summed E-state index contributed by atoms with van der Waals surface area (Å²) in [6, 6.07) is 26.3. The van der Waals surface area contributed by atoms with Crippen LogP contribution < -0.4 is 21.1 Å². The average Bonchev–Trinajstić information content (AvgIpc) is 2.88. The molecule has 0 aliphatic heterocycles. The van der Waals surface area contributed by atoms with E-state index in [4.69, 9.17) is 10.5 Å². The molecule has 1 aromatic heterocycles. The summed E-state index contributed by atoms with van der Waals surface area (Å²) in [4.78, 5) is 29.1. The Balaban J connectivity index is 1.35. The normalized spacial score (nSPS) is 11.3. The van der Waals surface area contributed by atoms with E-state index in [0.717, 1.165) is 5.56 Å². The van der Waals surface area contributed by atoms with Gasteiger partial charge in [-0.1, -0.05) is 42.5 Å². The van der Waals surface area contributed by atoms with Crippen molar-refractivity contribution in [2.24, 2.45) is 5.73 Å². The number of amides is 2. The van der Waals surface area contributed by atoms with Gasteiger partial charge in [0.15, 0.2) is 0 Å². The van der Waals surface area contributed by atoms with Crippen LogP contribution in [0.2, 0.25) is 0 Å². The van der Waals surface area contributed by atoms with Gasteiger partial charge in [0.05, 0.1) is 5.56 Å². The standard InChI is InChI=1S/C27H24N4O3/c28-24(19-10-12-20(13-11-19)26(32)31-21-14-16-29-17-15-21)18-30-27(33)23-8-4-5-9-25(23)34-22-6-2-1-3-7-22/h1-17,24H,18,28H2,(H,30,33)(H,29,31,32). The minimum Gasteiger partial charge on any atom is -0.457 e. The van der Waals surface area contributed by atoms with E-state index in [0.29, 0.717) is 28.3 Å². The molecule has 1 heterocycles. The van der Waals surface area contributed by atoms with Gasteiger partial charge >= 0.3 is 0 Å². The highest BCUT2D eigenvalue weighted by molar-refractivity contribution is 6.04. The van der Waals surface area contributed by atoms with Crippen LogP contribution in [-0.2, 0) is 0 Å². The van der Waals surface area contributed by atoms with Crippen molar-refractivity contribution in [1.82, 2.24) is 10.3 Å². The third-order valence-corrected chi connectivity index (χ3v) is 5.12. The highest BCUT2D eigenvalue weighted by Crippen LogP contribution is 2.25. The van der Waals surface area contributed by atoms with E-state index in [1.165, 1.54) is 0 Å². The summed E-state index contributed by atoms with van der Waals surface area (Å²) in [6.07, 6.45) is 3.22. The van der Waals surface area contributed by atoms with E-state index in [-0.39, 0.29) is 18.4 Å². The van der Waals surface area contributed by atoms with E-state index < -0.39 is 6.04 Å². The lowest BCUT2D eigenvalue weighted by Crippen LogP contribution is -2.32. The topological polar surface area (TPSA) is 106 Å². The first-order chi connectivity index (χ1) is 16.6. The fourth-order valence-electron chi connectivity index (χ4n) is 3.29. The molecule has 4 rings (SSSR count). The zero-order valence-corrected chi connectivity index (χ0v) is 18.3. The number of rotatable bonds is 8. The number of anilines is 1. The molecule has 0 saturated carbocycles. The highest BCUT2D eigenvalue weighted by Gasteiger charge is 2.15. The summed E-state index contributed by atoms with van der Waals surface area (Å²) in [6.45, 7) is 0.223. The van der Waals surface area contributed by atoms with Gasteiger partial charge in [-0.3, -0.25) is 14.6 Å². The molecule has 0 bridgehead atoms. The number of carbonyl (C=O) groups excluding carboxylic acids is 2. The van der Waals surface area contributed by atoms with E-state index in [2.05, 4.69) is 15.6 Å². The molecule has 0 spiro atoms. The number of hydrogen-bond acceptors (Lipinski definition) is 5. The summed E-state index contributed by atoms with van der Waals surface area (Å²) in [5, 5.41) is 5.67. The predicted molar refractivity (Wildman–Crippen MR) is 131 cm³/mol. The van der Waals surface area contributed by atoms with Crippen LogP contribution in [0, 0.1) is 0 Å². The number of nitrogens with one attached hydrogen (secondary N) is 2. The molecule has 2 amide bonds. The Morgan fingerprint density at radius 2 is 1.50 bits per heavy atom. The monoisotopic (exact) mass is 452 g/mol. The first-order valence-corrected chi connectivity index (χ1v) is 10.8. The van der Waals surface area contributed by atoms with Crippen molar-refractivity contribution in [2.75, 3.05) is 11.9 Å². The maximum Gasteiger partial charge on any atom is 0.255 e. The molecular formula is C27H24N4O3. The summed E-state index contributed by atoms with van der Waals surface area (Å²) < 4.78 is 5.87. The number of pyridine rings is 1. The maximum atomic E-state index is 12.8. The molecule has 0 aliphatic carbocycles. The van der Waals surface area contributed by atoms with Crippen LogP contribution in [0.4, 0.5) is 5.69 Å². The van der Waals surface area contributed by atoms with Gasteiger partial charge in [0.1, 0.15) is 11.5 Å². The third kappa shape index (κ3) is 5.85. The SMILES string of the molecule is NC(CNC(=O)c1ccccc1Oc1ccccc1)c1ccc(C(=O)Nc2ccncc2)cc1. The summed E-state index contributed by atoms with van der Waals surface area (Å²) in [5.74, 6) is 0.599. The first kappa shape index (κ1) is 22.7. The molecular weight excluding hydrogens is 428 g/mol. The Morgan fingerprint density at radius 1 is 0.824 bits per heavy atom. The molecule has 4 aromatic rings. The molecule has 34 heavy (non-hydrogen) atoms. The van der Waals surface area contributed by atoms with E-state index in [1.54, 1.807) is 67.0 Å². The van der Waals surface area contributed by atoms with Gasteiger partial charge in [-0.15, -0.1) is 0 Å². The molecule has 7 nitrogen and oxygen atoms in total. The van der Waals surface area contributed by atoms with Gasteiger partial charge in [0, 0.05) is 36.2 Å². The molecule has 0 fully saturated rings. The number of benzene rings is 3. The van der Waals surface area contributed by atoms with Crippen LogP contribution in [0.15, 0.2) is 103 Å². The van der Waals surface area contributed by atoms with Crippen LogP contribution in [0.1, 0.15) is 32.3 Å². The Hall–Kier alpha value is -4.49. The zero-order valence-electron chi connectivity index (χ0n) is 18.3. The van der Waals surface area contributed by atoms with Crippen molar-refractivity contribution in [3.05, 3.63) is 120 Å². The third-order valence-electron chi connectivity index (χ3n) is 5.12. The smallest absolute Gasteiger partial charge is 0.255 e. The molecule has 0 saturated heterocycles. The Bertz CT molecular complexity index is 1250. The zero-order chi connectivity index (χ0) is 23.8. The van der Waals surface area contributed by atoms with Gasteiger partial charge in [0.25, 0.3) is 11.8 Å². The fourth-order valence-corrected chi connectivity index (χ4v) is 3.29. The number of nitrogens with zero attached hydrogens (tertiary/aromatic N) is 1. The van der Waals surface area contributed by atoms with Crippen molar-refractivity contribution < 1.29 is 14.3 Å². The quantitative estimate of drug-likeness (QED) is 0.363. The second-order valence-electron chi connectivity index (χ2n) is 7.54. The summed E-state index contributed by atoms with van der Waals surface area (Å²) in [5.41, 5.74) is 8.67. The Labute approximate surface area is 197 Å². The largest absolute Gasteiger partial charge is 0.457 e. The van der Waals surface area contributed by atoms with Crippen molar-refractivity contribution >= 4 is 17.5 Å². The lowest BCUT2D eigenvalue weighted by atomic mass is 10.0. The van der Waals surface area contributed by atoms with E-state index >= 15 is 0 Å². The molecule has 0 aliphatic rings. The fraction of sp³-hybridized carbons (Fsp3) is 0.0741.